The first kappa shape index (κ1) is 17.1. The van der Waals surface area contributed by atoms with Crippen molar-refractivity contribution in [3.8, 4) is 0 Å². The lowest BCUT2D eigenvalue weighted by Crippen LogP contribution is -2.45. The zero-order valence-electron chi connectivity index (χ0n) is 8.32. The van der Waals surface area contributed by atoms with E-state index >= 15 is 0 Å². The van der Waals surface area contributed by atoms with Gasteiger partial charge in [0.05, 0.1) is 3.79 Å². The van der Waals surface area contributed by atoms with Crippen LogP contribution in [0.25, 0.3) is 0 Å². The molecule has 1 heterocycles. The Morgan fingerprint density at radius 1 is 1.29 bits per heavy atom. The van der Waals surface area contributed by atoms with Crippen molar-refractivity contribution in [1.29, 1.82) is 0 Å². The van der Waals surface area contributed by atoms with Crippen molar-refractivity contribution >= 4 is 39.7 Å². The van der Waals surface area contributed by atoms with E-state index < -0.39 is 18.1 Å². The van der Waals surface area contributed by atoms with Crippen molar-refractivity contribution in [3.63, 3.8) is 0 Å². The van der Waals surface area contributed by atoms with Crippen LogP contribution in [-0.4, -0.2) is 12.1 Å². The van der Waals surface area contributed by atoms with Gasteiger partial charge in [0.1, 0.15) is 6.04 Å². The number of hydrogen-bond acceptors (Lipinski definition) is 2. The fourth-order valence-electron chi connectivity index (χ4n) is 0.992. The number of hydrogen-bond donors (Lipinski definition) is 1. The highest BCUT2D eigenvalue weighted by molar-refractivity contribution is 9.11. The summed E-state index contributed by atoms with van der Waals surface area (Å²) in [6.07, 6.45) is -5.64. The average Bonchev–Trinajstić information content (AvgIpc) is 2.43. The van der Waals surface area contributed by atoms with Gasteiger partial charge in [-0.05, 0) is 34.5 Å². The highest BCUT2D eigenvalue weighted by Crippen LogP contribution is 2.45. The number of nitrogens with two attached hydrogens (primary N) is 1. The van der Waals surface area contributed by atoms with Gasteiger partial charge < -0.3 is 5.73 Å². The maximum absolute atomic E-state index is 12.9. The smallest absolute Gasteiger partial charge is 0.318 e. The Morgan fingerprint density at radius 3 is 2.06 bits per heavy atom. The zero-order chi connectivity index (χ0) is 12.7. The molecule has 1 rings (SSSR count). The van der Waals surface area contributed by atoms with Gasteiger partial charge in [0.25, 0.3) is 0 Å². The van der Waals surface area contributed by atoms with Crippen molar-refractivity contribution in [2.24, 2.45) is 5.73 Å². The van der Waals surface area contributed by atoms with E-state index in [0.29, 0.717) is 9.35 Å². The van der Waals surface area contributed by atoms with Crippen LogP contribution in [0.2, 0.25) is 0 Å². The third-order valence-corrected chi connectivity index (χ3v) is 4.17. The Kier molecular flexibility index (Phi) is 5.40. The van der Waals surface area contributed by atoms with E-state index in [1.807, 2.05) is 0 Å². The average molecular weight is 361 g/mol. The van der Waals surface area contributed by atoms with Crippen molar-refractivity contribution in [2.45, 2.75) is 25.1 Å². The summed E-state index contributed by atoms with van der Waals surface area (Å²) < 4.78 is 62.4. The van der Waals surface area contributed by atoms with Gasteiger partial charge in [-0.25, -0.2) is 0 Å². The van der Waals surface area contributed by atoms with Crippen LogP contribution < -0.4 is 5.73 Å². The predicted octanol–water partition coefficient (Wildman–Crippen LogP) is 4.44. The van der Waals surface area contributed by atoms with Gasteiger partial charge >= 0.3 is 12.1 Å². The summed E-state index contributed by atoms with van der Waals surface area (Å²) in [6.45, 7) is 1.59. The van der Waals surface area contributed by atoms with E-state index in [1.165, 1.54) is 6.07 Å². The van der Waals surface area contributed by atoms with Gasteiger partial charge in [0.2, 0.25) is 0 Å². The minimum atomic E-state index is -5.64. The molecule has 0 fully saturated rings. The van der Waals surface area contributed by atoms with Crippen LogP contribution >= 0.6 is 39.7 Å². The largest absolute Gasteiger partial charge is 0.455 e. The Balaban J connectivity index is 0.00000256. The van der Waals surface area contributed by atoms with E-state index in [9.17, 15) is 22.0 Å². The molecule has 100 valence electrons. The molecule has 1 nitrogen and oxygen atoms in total. The topological polar surface area (TPSA) is 26.0 Å². The first-order chi connectivity index (χ1) is 7.07. The Hall–Kier alpha value is 0.0800. The summed E-state index contributed by atoms with van der Waals surface area (Å²) in [5.41, 5.74) is 5.54. The summed E-state index contributed by atoms with van der Waals surface area (Å²) >= 11 is 3.82. The molecule has 0 aliphatic heterocycles. The minimum Gasteiger partial charge on any atom is -0.318 e. The van der Waals surface area contributed by atoms with Crippen LogP contribution in [0.3, 0.4) is 0 Å². The second-order valence-electron chi connectivity index (χ2n) is 3.20. The molecule has 2 N–H and O–H groups in total. The lowest BCUT2D eigenvalue weighted by molar-refractivity contribution is -0.290. The van der Waals surface area contributed by atoms with Gasteiger partial charge in [-0.3, -0.25) is 0 Å². The van der Waals surface area contributed by atoms with Gasteiger partial charge in [0, 0.05) is 4.88 Å². The summed E-state index contributed by atoms with van der Waals surface area (Å²) in [4.78, 5) is -0.202. The molecule has 17 heavy (non-hydrogen) atoms. The number of thiophene rings is 1. The van der Waals surface area contributed by atoms with Crippen LogP contribution in [0.5, 0.6) is 0 Å². The van der Waals surface area contributed by atoms with Gasteiger partial charge in [0.15, 0.2) is 0 Å². The fraction of sp³-hybridized carbons (Fsp3) is 0.500. The van der Waals surface area contributed by atoms with E-state index in [-0.39, 0.29) is 17.3 Å². The molecule has 0 aliphatic carbocycles. The summed E-state index contributed by atoms with van der Waals surface area (Å²) in [7, 11) is 0. The van der Waals surface area contributed by atoms with Crippen LogP contribution in [0.4, 0.5) is 22.0 Å². The molecule has 0 bridgehead atoms. The lowest BCUT2D eigenvalue weighted by Gasteiger charge is -2.24. The number of rotatable bonds is 2. The molecule has 0 aliphatic rings. The van der Waals surface area contributed by atoms with Crippen LogP contribution in [-0.2, 0) is 0 Å². The van der Waals surface area contributed by atoms with E-state index in [1.54, 1.807) is 6.92 Å². The van der Waals surface area contributed by atoms with Gasteiger partial charge in [-0.15, -0.1) is 23.7 Å². The molecule has 9 heteroatoms. The second kappa shape index (κ2) is 5.38. The van der Waals surface area contributed by atoms with E-state index in [0.717, 1.165) is 11.3 Å². The molecule has 0 radical (unpaired) electrons. The Labute approximate surface area is 113 Å². The first-order valence-electron chi connectivity index (χ1n) is 4.03. The molecule has 0 aromatic carbocycles. The maximum Gasteiger partial charge on any atom is 0.455 e. The number of aryl methyl sites for hydroxylation is 1. The highest BCUT2D eigenvalue weighted by Gasteiger charge is 2.62. The van der Waals surface area contributed by atoms with Gasteiger partial charge in [-0.2, -0.15) is 22.0 Å². The van der Waals surface area contributed by atoms with Crippen molar-refractivity contribution in [1.82, 2.24) is 0 Å². The molecule has 0 unspecified atom stereocenters. The van der Waals surface area contributed by atoms with Crippen molar-refractivity contribution < 1.29 is 22.0 Å². The highest BCUT2D eigenvalue weighted by atomic mass is 79.9. The Bertz CT molecular complexity index is 372. The summed E-state index contributed by atoms with van der Waals surface area (Å²) in [5, 5.41) is 0. The summed E-state index contributed by atoms with van der Waals surface area (Å²) in [6, 6.07) is -1.15. The third kappa shape index (κ3) is 3.30. The first-order valence-corrected chi connectivity index (χ1v) is 5.64. The molecule has 0 amide bonds. The van der Waals surface area contributed by atoms with Crippen LogP contribution in [0.15, 0.2) is 9.85 Å². The lowest BCUT2D eigenvalue weighted by atomic mass is 10.1. The quantitative estimate of drug-likeness (QED) is 0.775. The normalized spacial score (nSPS) is 14.4. The standard InChI is InChI=1S/C8H7BrF5NS.ClH/c1-3-2-4(16-6(3)9)5(15)7(10,11)8(12,13)14;/h2,5H,15H2,1H3;1H/t5-;/m1./s1. The van der Waals surface area contributed by atoms with Crippen LogP contribution in [0.1, 0.15) is 16.5 Å². The molecule has 0 saturated carbocycles. The Morgan fingerprint density at radius 2 is 1.76 bits per heavy atom. The van der Waals surface area contributed by atoms with Crippen molar-refractivity contribution in [3.05, 3.63) is 20.3 Å². The SMILES string of the molecule is Cc1cc([C@@H](N)C(F)(F)C(F)(F)F)sc1Br.Cl. The molecule has 1 atom stereocenters. The molecule has 0 saturated heterocycles. The van der Waals surface area contributed by atoms with Crippen molar-refractivity contribution in [2.75, 3.05) is 0 Å². The van der Waals surface area contributed by atoms with E-state index in [2.05, 4.69) is 15.9 Å². The third-order valence-electron chi connectivity index (χ3n) is 1.95. The van der Waals surface area contributed by atoms with Gasteiger partial charge in [-0.1, -0.05) is 0 Å². The maximum atomic E-state index is 12.9. The molecule has 1 aromatic rings. The predicted molar refractivity (Wildman–Crippen MR) is 61.9 cm³/mol. The monoisotopic (exact) mass is 359 g/mol. The fourth-order valence-corrected chi connectivity index (χ4v) is 2.60. The molecular weight excluding hydrogens is 353 g/mol. The second-order valence-corrected chi connectivity index (χ2v) is 5.61. The minimum absolute atomic E-state index is 0. The summed E-state index contributed by atoms with van der Waals surface area (Å²) in [5.74, 6) is -4.93. The van der Waals surface area contributed by atoms with E-state index in [4.69, 9.17) is 5.73 Å². The molecule has 0 spiro atoms. The zero-order valence-corrected chi connectivity index (χ0v) is 11.5. The van der Waals surface area contributed by atoms with Crippen LogP contribution in [0, 0.1) is 6.92 Å². The number of alkyl halides is 5. The molecule has 1 aromatic heterocycles. The molecular formula is C8H8BrClF5NS. The number of halogens is 7.